The van der Waals surface area contributed by atoms with Gasteiger partial charge in [-0.15, -0.1) is 0 Å². The Morgan fingerprint density at radius 1 is 1.37 bits per heavy atom. The van der Waals surface area contributed by atoms with Gasteiger partial charge in [0.2, 0.25) is 0 Å². The van der Waals surface area contributed by atoms with E-state index in [0.717, 1.165) is 34.9 Å². The lowest BCUT2D eigenvalue weighted by molar-refractivity contribution is 0.539. The van der Waals surface area contributed by atoms with Crippen LogP contribution in [0.3, 0.4) is 0 Å². The Bertz CT molecular complexity index is 521. The van der Waals surface area contributed by atoms with Gasteiger partial charge in [0.1, 0.15) is 0 Å². The van der Waals surface area contributed by atoms with E-state index < -0.39 is 0 Å². The number of nitrogens with one attached hydrogen (secondary N) is 2. The molecule has 2 aromatic rings. The summed E-state index contributed by atoms with van der Waals surface area (Å²) < 4.78 is 0. The van der Waals surface area contributed by atoms with Crippen molar-refractivity contribution >= 4 is 22.8 Å². The van der Waals surface area contributed by atoms with Crippen LogP contribution in [0.15, 0.2) is 23.4 Å². The van der Waals surface area contributed by atoms with Gasteiger partial charge in [0, 0.05) is 11.8 Å². The van der Waals surface area contributed by atoms with Crippen molar-refractivity contribution in [2.75, 3.05) is 12.3 Å². The summed E-state index contributed by atoms with van der Waals surface area (Å²) >= 11 is 1.81. The molecule has 0 amide bonds. The van der Waals surface area contributed by atoms with Crippen molar-refractivity contribution in [3.63, 3.8) is 0 Å². The minimum absolute atomic E-state index is 0.569. The highest BCUT2D eigenvalue weighted by Gasteiger charge is 2.08. The van der Waals surface area contributed by atoms with E-state index in [2.05, 4.69) is 54.3 Å². The molecule has 2 rings (SSSR count). The number of thioether (sulfide) groups is 1. The summed E-state index contributed by atoms with van der Waals surface area (Å²) in [6.07, 6.45) is 2.34. The average Bonchev–Trinajstić information content (AvgIpc) is 2.81. The van der Waals surface area contributed by atoms with Crippen LogP contribution in [0.4, 0.5) is 0 Å². The van der Waals surface area contributed by atoms with Gasteiger partial charge in [0.05, 0.1) is 11.0 Å². The second kappa shape index (κ2) is 6.96. The predicted octanol–water partition coefficient (Wildman–Crippen LogP) is 3.74. The fraction of sp³-hybridized carbons (Fsp3) is 0.533. The van der Waals surface area contributed by atoms with Crippen LogP contribution in [0.1, 0.15) is 32.3 Å². The fourth-order valence-electron chi connectivity index (χ4n) is 2.02. The number of nitrogens with zero attached hydrogens (tertiary/aromatic N) is 1. The zero-order chi connectivity index (χ0) is 13.7. The number of aromatic nitrogens is 2. The van der Waals surface area contributed by atoms with Crippen molar-refractivity contribution in [1.82, 2.24) is 15.3 Å². The van der Waals surface area contributed by atoms with Crippen molar-refractivity contribution in [1.29, 1.82) is 0 Å². The summed E-state index contributed by atoms with van der Waals surface area (Å²) in [6.45, 7) is 7.64. The lowest BCUT2D eigenvalue weighted by Crippen LogP contribution is -2.31. The molecule has 19 heavy (non-hydrogen) atoms. The van der Waals surface area contributed by atoms with Crippen molar-refractivity contribution < 1.29 is 0 Å². The Hall–Kier alpha value is -1.00. The van der Waals surface area contributed by atoms with Gasteiger partial charge < -0.3 is 10.3 Å². The van der Waals surface area contributed by atoms with Gasteiger partial charge in [-0.3, -0.25) is 0 Å². The topological polar surface area (TPSA) is 40.7 Å². The molecule has 0 aliphatic heterocycles. The summed E-state index contributed by atoms with van der Waals surface area (Å²) in [6, 6.07) is 6.91. The standard InChI is InChI=1S/C15H23N3S/c1-4-8-16-12(5-2)10-19-15-17-13-7-6-11(3)9-14(13)18-15/h6-7,9,12,16H,4-5,8,10H2,1-3H3,(H,17,18). The van der Waals surface area contributed by atoms with E-state index >= 15 is 0 Å². The van der Waals surface area contributed by atoms with Crippen LogP contribution in [-0.4, -0.2) is 28.3 Å². The van der Waals surface area contributed by atoms with Crippen molar-refractivity contribution in [2.24, 2.45) is 0 Å². The zero-order valence-corrected chi connectivity index (χ0v) is 12.8. The number of fused-ring (bicyclic) bond motifs is 1. The van der Waals surface area contributed by atoms with Crippen LogP contribution < -0.4 is 5.32 Å². The number of hydrogen-bond acceptors (Lipinski definition) is 3. The average molecular weight is 277 g/mol. The highest BCUT2D eigenvalue weighted by molar-refractivity contribution is 7.99. The molecule has 0 bridgehead atoms. The van der Waals surface area contributed by atoms with Crippen molar-refractivity contribution in [3.8, 4) is 0 Å². The molecule has 0 fully saturated rings. The molecular weight excluding hydrogens is 254 g/mol. The third-order valence-electron chi connectivity index (χ3n) is 3.21. The minimum atomic E-state index is 0.569. The first-order valence-corrected chi connectivity index (χ1v) is 8.04. The first-order chi connectivity index (χ1) is 9.22. The summed E-state index contributed by atoms with van der Waals surface area (Å²) in [5.74, 6) is 1.06. The van der Waals surface area contributed by atoms with E-state index in [0.29, 0.717) is 6.04 Å². The molecule has 0 spiro atoms. The molecule has 4 heteroatoms. The minimum Gasteiger partial charge on any atom is -0.333 e. The molecule has 2 N–H and O–H groups in total. The smallest absolute Gasteiger partial charge is 0.166 e. The van der Waals surface area contributed by atoms with E-state index in [1.54, 1.807) is 11.8 Å². The lowest BCUT2D eigenvalue weighted by Gasteiger charge is -2.14. The SMILES string of the molecule is CCCNC(CC)CSc1nc2ccc(C)cc2[nH]1. The third kappa shape index (κ3) is 3.98. The third-order valence-corrected chi connectivity index (χ3v) is 4.25. The van der Waals surface area contributed by atoms with Gasteiger partial charge in [-0.1, -0.05) is 31.7 Å². The summed E-state index contributed by atoms with van der Waals surface area (Å²) in [7, 11) is 0. The van der Waals surface area contributed by atoms with E-state index in [1.807, 2.05) is 0 Å². The maximum Gasteiger partial charge on any atom is 0.166 e. The van der Waals surface area contributed by atoms with Crippen LogP contribution in [0.5, 0.6) is 0 Å². The number of hydrogen-bond donors (Lipinski definition) is 2. The van der Waals surface area contributed by atoms with Gasteiger partial charge in [-0.25, -0.2) is 4.98 Å². The monoisotopic (exact) mass is 277 g/mol. The molecule has 1 aromatic heterocycles. The van der Waals surface area contributed by atoms with E-state index in [1.165, 1.54) is 12.0 Å². The highest BCUT2D eigenvalue weighted by Crippen LogP contribution is 2.21. The normalized spacial score (nSPS) is 13.0. The number of aryl methyl sites for hydroxylation is 1. The Morgan fingerprint density at radius 3 is 2.95 bits per heavy atom. The molecule has 0 radical (unpaired) electrons. The Kier molecular flexibility index (Phi) is 5.28. The molecule has 1 aromatic carbocycles. The molecule has 1 atom stereocenters. The molecule has 0 saturated heterocycles. The van der Waals surface area contributed by atoms with Crippen LogP contribution in [0.25, 0.3) is 11.0 Å². The fourth-order valence-corrected chi connectivity index (χ4v) is 3.08. The second-order valence-corrected chi connectivity index (χ2v) is 5.94. The summed E-state index contributed by atoms with van der Waals surface area (Å²) in [5.41, 5.74) is 3.46. The predicted molar refractivity (Wildman–Crippen MR) is 83.9 cm³/mol. The van der Waals surface area contributed by atoms with Gasteiger partial charge >= 0.3 is 0 Å². The molecule has 104 valence electrons. The Labute approximate surface area is 119 Å². The Morgan fingerprint density at radius 2 is 2.21 bits per heavy atom. The number of rotatable bonds is 7. The molecule has 1 unspecified atom stereocenters. The number of H-pyrrole nitrogens is 1. The second-order valence-electron chi connectivity index (χ2n) is 4.93. The van der Waals surface area contributed by atoms with Crippen LogP contribution in [0.2, 0.25) is 0 Å². The van der Waals surface area contributed by atoms with Gasteiger partial charge in [0.25, 0.3) is 0 Å². The number of imidazole rings is 1. The van der Waals surface area contributed by atoms with E-state index in [4.69, 9.17) is 0 Å². The largest absolute Gasteiger partial charge is 0.333 e. The summed E-state index contributed by atoms with van der Waals surface area (Å²) in [4.78, 5) is 8.02. The maximum atomic E-state index is 4.62. The molecular formula is C15H23N3S. The molecule has 0 aliphatic rings. The maximum absolute atomic E-state index is 4.62. The van der Waals surface area contributed by atoms with Gasteiger partial charge in [-0.2, -0.15) is 0 Å². The Balaban J connectivity index is 1.97. The van der Waals surface area contributed by atoms with Crippen molar-refractivity contribution in [2.45, 2.75) is 44.8 Å². The number of benzene rings is 1. The van der Waals surface area contributed by atoms with Crippen LogP contribution >= 0.6 is 11.8 Å². The molecule has 0 aliphatic carbocycles. The van der Waals surface area contributed by atoms with Gasteiger partial charge in [-0.05, 0) is 44.0 Å². The first-order valence-electron chi connectivity index (χ1n) is 7.05. The quantitative estimate of drug-likeness (QED) is 0.757. The van der Waals surface area contributed by atoms with Crippen molar-refractivity contribution in [3.05, 3.63) is 23.8 Å². The zero-order valence-electron chi connectivity index (χ0n) is 12.0. The number of aromatic amines is 1. The van der Waals surface area contributed by atoms with Gasteiger partial charge in [0.15, 0.2) is 5.16 Å². The van der Waals surface area contributed by atoms with Crippen LogP contribution in [0, 0.1) is 6.92 Å². The molecule has 0 saturated carbocycles. The molecule has 1 heterocycles. The highest BCUT2D eigenvalue weighted by atomic mass is 32.2. The lowest BCUT2D eigenvalue weighted by atomic mass is 10.2. The molecule has 3 nitrogen and oxygen atoms in total. The summed E-state index contributed by atoms with van der Waals surface area (Å²) in [5, 5.41) is 4.60. The van der Waals surface area contributed by atoms with Crippen LogP contribution in [-0.2, 0) is 0 Å². The first kappa shape index (κ1) is 14.4. The van der Waals surface area contributed by atoms with E-state index in [-0.39, 0.29) is 0 Å². The van der Waals surface area contributed by atoms with E-state index in [9.17, 15) is 0 Å².